The third-order valence-corrected chi connectivity index (χ3v) is 4.01. The average Bonchev–Trinajstić information content (AvgIpc) is 2.54. The van der Waals surface area contributed by atoms with E-state index in [1.165, 1.54) is 5.56 Å². The minimum Gasteiger partial charge on any atom is -0.366 e. The molecule has 106 valence electrons. The molecule has 1 aliphatic rings. The molecule has 1 atom stereocenters. The Hall–Kier alpha value is -2.55. The predicted molar refractivity (Wildman–Crippen MR) is 85.8 cm³/mol. The highest BCUT2D eigenvalue weighted by atomic mass is 16.1. The van der Waals surface area contributed by atoms with E-state index in [4.69, 9.17) is 5.73 Å². The molecule has 0 bridgehead atoms. The van der Waals surface area contributed by atoms with Gasteiger partial charge in [-0.25, -0.2) is 0 Å². The maximum atomic E-state index is 11.6. The van der Waals surface area contributed by atoms with Gasteiger partial charge in [0.1, 0.15) is 0 Å². The first kappa shape index (κ1) is 13.4. The fourth-order valence-electron chi connectivity index (χ4n) is 2.86. The smallest absolute Gasteiger partial charge is 0.249 e. The van der Waals surface area contributed by atoms with Gasteiger partial charge in [0.25, 0.3) is 0 Å². The molecular formula is C18H18N2O. The summed E-state index contributed by atoms with van der Waals surface area (Å²) in [4.78, 5) is 13.9. The van der Waals surface area contributed by atoms with Crippen molar-refractivity contribution in [2.24, 2.45) is 5.73 Å². The molecule has 1 heterocycles. The van der Waals surface area contributed by atoms with Crippen molar-refractivity contribution < 1.29 is 4.79 Å². The van der Waals surface area contributed by atoms with E-state index in [9.17, 15) is 4.79 Å². The summed E-state index contributed by atoms with van der Waals surface area (Å²) >= 11 is 0. The highest BCUT2D eigenvalue weighted by molar-refractivity contribution is 6.21. The van der Waals surface area contributed by atoms with Gasteiger partial charge >= 0.3 is 0 Å². The van der Waals surface area contributed by atoms with E-state index >= 15 is 0 Å². The lowest BCUT2D eigenvalue weighted by Gasteiger charge is -2.35. The molecule has 0 saturated heterocycles. The van der Waals surface area contributed by atoms with Crippen LogP contribution in [0.25, 0.3) is 5.57 Å². The zero-order valence-electron chi connectivity index (χ0n) is 12.0. The third kappa shape index (κ3) is 2.42. The van der Waals surface area contributed by atoms with Crippen LogP contribution in [-0.2, 0) is 4.79 Å². The Morgan fingerprint density at radius 2 is 1.76 bits per heavy atom. The topological polar surface area (TPSA) is 46.3 Å². The molecule has 0 aromatic heterocycles. The second-order valence-corrected chi connectivity index (χ2v) is 5.24. The normalized spacial score (nSPS) is 15.1. The molecule has 1 amide bonds. The summed E-state index contributed by atoms with van der Waals surface area (Å²) in [6.07, 6.45) is 1.92. The maximum absolute atomic E-state index is 11.6. The first-order valence-electron chi connectivity index (χ1n) is 7.09. The number of benzene rings is 2. The van der Waals surface area contributed by atoms with E-state index in [1.54, 1.807) is 0 Å². The van der Waals surface area contributed by atoms with E-state index in [0.717, 1.165) is 11.3 Å². The molecule has 0 saturated carbocycles. The molecule has 3 rings (SSSR count). The van der Waals surface area contributed by atoms with Crippen LogP contribution in [0.2, 0.25) is 0 Å². The number of carbonyl (C=O) groups is 1. The Bertz CT molecular complexity index is 691. The second-order valence-electron chi connectivity index (χ2n) is 5.24. The number of hydrogen-bond donors (Lipinski definition) is 1. The van der Waals surface area contributed by atoms with Gasteiger partial charge in [0.15, 0.2) is 0 Å². The number of anilines is 1. The summed E-state index contributed by atoms with van der Waals surface area (Å²) in [5, 5.41) is 0. The van der Waals surface area contributed by atoms with Crippen molar-refractivity contribution in [1.29, 1.82) is 0 Å². The zero-order chi connectivity index (χ0) is 14.8. The first-order valence-corrected chi connectivity index (χ1v) is 7.09. The molecule has 3 heteroatoms. The molecule has 0 spiro atoms. The van der Waals surface area contributed by atoms with Gasteiger partial charge in [-0.1, -0.05) is 54.6 Å². The number of amides is 1. The summed E-state index contributed by atoms with van der Waals surface area (Å²) in [6, 6.07) is 18.5. The van der Waals surface area contributed by atoms with E-state index in [0.29, 0.717) is 12.1 Å². The Labute approximate surface area is 124 Å². The molecule has 1 aliphatic heterocycles. The van der Waals surface area contributed by atoms with Crippen LogP contribution in [-0.4, -0.2) is 12.5 Å². The van der Waals surface area contributed by atoms with Gasteiger partial charge in [-0.15, -0.1) is 0 Å². The van der Waals surface area contributed by atoms with E-state index in [1.807, 2.05) is 48.5 Å². The minimum absolute atomic E-state index is 0.234. The monoisotopic (exact) mass is 278 g/mol. The molecule has 1 unspecified atom stereocenters. The number of rotatable bonds is 3. The molecule has 2 aromatic rings. The summed E-state index contributed by atoms with van der Waals surface area (Å²) in [5.74, 6) is -0.366. The van der Waals surface area contributed by atoms with Crippen LogP contribution in [0.15, 0.2) is 60.7 Å². The van der Waals surface area contributed by atoms with Gasteiger partial charge in [-0.05, 0) is 18.6 Å². The van der Waals surface area contributed by atoms with Crippen molar-refractivity contribution >= 4 is 17.2 Å². The van der Waals surface area contributed by atoms with Crippen LogP contribution in [0.5, 0.6) is 0 Å². The second kappa shape index (κ2) is 5.44. The number of carbonyl (C=O) groups excluding carboxylic acids is 1. The van der Waals surface area contributed by atoms with Gasteiger partial charge in [-0.2, -0.15) is 0 Å². The van der Waals surface area contributed by atoms with Crippen molar-refractivity contribution in [3.63, 3.8) is 0 Å². The van der Waals surface area contributed by atoms with Gasteiger partial charge in [0.2, 0.25) is 5.91 Å². The molecular weight excluding hydrogens is 260 g/mol. The molecule has 0 aliphatic carbocycles. The van der Waals surface area contributed by atoms with E-state index in [-0.39, 0.29) is 11.9 Å². The molecule has 2 aromatic carbocycles. The lowest BCUT2D eigenvalue weighted by Crippen LogP contribution is -2.32. The van der Waals surface area contributed by atoms with Crippen LogP contribution < -0.4 is 10.6 Å². The fraction of sp³-hybridized carbons (Fsp3) is 0.167. The lowest BCUT2D eigenvalue weighted by atomic mass is 9.96. The Kier molecular flexibility index (Phi) is 3.48. The lowest BCUT2D eigenvalue weighted by molar-refractivity contribution is -0.112. The molecule has 3 nitrogen and oxygen atoms in total. The molecule has 2 N–H and O–H groups in total. The van der Waals surface area contributed by atoms with Crippen LogP contribution in [0.4, 0.5) is 5.69 Å². The minimum atomic E-state index is -0.366. The van der Waals surface area contributed by atoms with Crippen molar-refractivity contribution in [2.45, 2.75) is 13.0 Å². The average molecular weight is 278 g/mol. The van der Waals surface area contributed by atoms with Crippen molar-refractivity contribution in [3.8, 4) is 0 Å². The highest BCUT2D eigenvalue weighted by Gasteiger charge is 2.24. The summed E-state index contributed by atoms with van der Waals surface area (Å²) in [6.45, 7) is 2.86. The van der Waals surface area contributed by atoms with Gasteiger partial charge in [-0.3, -0.25) is 4.79 Å². The number of fused-ring (bicyclic) bond motifs is 1. The van der Waals surface area contributed by atoms with Crippen LogP contribution in [0, 0.1) is 0 Å². The van der Waals surface area contributed by atoms with Gasteiger partial charge in [0, 0.05) is 23.4 Å². The van der Waals surface area contributed by atoms with Crippen molar-refractivity contribution in [3.05, 3.63) is 71.8 Å². The number of hydrogen-bond acceptors (Lipinski definition) is 2. The summed E-state index contributed by atoms with van der Waals surface area (Å²) < 4.78 is 0. The van der Waals surface area contributed by atoms with E-state index in [2.05, 4.69) is 24.0 Å². The van der Waals surface area contributed by atoms with E-state index < -0.39 is 0 Å². The van der Waals surface area contributed by atoms with Crippen LogP contribution >= 0.6 is 0 Å². The maximum Gasteiger partial charge on any atom is 0.249 e. The van der Waals surface area contributed by atoms with Gasteiger partial charge in [0.05, 0.1) is 6.04 Å². The first-order chi connectivity index (χ1) is 10.2. The zero-order valence-corrected chi connectivity index (χ0v) is 12.0. The molecule has 0 radical (unpaired) electrons. The number of nitrogens with two attached hydrogens (primary N) is 1. The quantitative estimate of drug-likeness (QED) is 0.937. The molecule has 0 fully saturated rings. The number of nitrogens with zero attached hydrogens (tertiary/aromatic N) is 1. The summed E-state index contributed by atoms with van der Waals surface area (Å²) in [5.41, 5.74) is 9.33. The largest absolute Gasteiger partial charge is 0.366 e. The standard InChI is InChI=1S/C18H18N2O/c1-13(14-7-3-2-4-8-14)20-12-11-16(18(19)21)15-9-5-6-10-17(15)20/h2-11,13H,12H2,1H3,(H2,19,21). The molecule has 21 heavy (non-hydrogen) atoms. The summed E-state index contributed by atoms with van der Waals surface area (Å²) in [7, 11) is 0. The van der Waals surface area contributed by atoms with Crippen molar-refractivity contribution in [1.82, 2.24) is 0 Å². The SMILES string of the molecule is CC(c1ccccc1)N1CC=C(C(N)=O)c2ccccc21. The van der Waals surface area contributed by atoms with Gasteiger partial charge < -0.3 is 10.6 Å². The van der Waals surface area contributed by atoms with Crippen LogP contribution in [0.1, 0.15) is 24.1 Å². The fourth-order valence-corrected chi connectivity index (χ4v) is 2.86. The Morgan fingerprint density at radius 3 is 2.48 bits per heavy atom. The Morgan fingerprint density at radius 1 is 1.10 bits per heavy atom. The highest BCUT2D eigenvalue weighted by Crippen LogP contribution is 2.36. The Balaban J connectivity index is 2.02. The van der Waals surface area contributed by atoms with Crippen LogP contribution in [0.3, 0.4) is 0 Å². The predicted octanol–water partition coefficient (Wildman–Crippen LogP) is 3.14. The number of para-hydroxylation sites is 1. The third-order valence-electron chi connectivity index (χ3n) is 4.01. The van der Waals surface area contributed by atoms with Crippen molar-refractivity contribution in [2.75, 3.05) is 11.4 Å². The number of primary amides is 1.